The van der Waals surface area contributed by atoms with Gasteiger partial charge in [0.05, 0.1) is 35.9 Å². The maximum absolute atomic E-state index is 14.6. The van der Waals surface area contributed by atoms with Crippen LogP contribution >= 0.6 is 0 Å². The van der Waals surface area contributed by atoms with Gasteiger partial charge < -0.3 is 4.74 Å². The maximum atomic E-state index is 14.6. The van der Waals surface area contributed by atoms with Gasteiger partial charge in [-0.25, -0.2) is 4.98 Å². The normalized spacial score (nSPS) is 15.1. The summed E-state index contributed by atoms with van der Waals surface area (Å²) < 4.78 is 213. The number of benzene rings is 3. The second kappa shape index (κ2) is 13.3. The number of amides is 1. The Hall–Kier alpha value is -5.24. The molecule has 0 fully saturated rings. The fraction of sp³-hybridized carbons (Fsp3) is 0.303. The molecule has 0 bridgehead atoms. The molecule has 0 atom stereocenters. The molecule has 0 radical (unpaired) electrons. The van der Waals surface area contributed by atoms with Crippen molar-refractivity contribution in [3.63, 3.8) is 0 Å². The molecule has 0 spiro atoms. The van der Waals surface area contributed by atoms with Gasteiger partial charge in [0.2, 0.25) is 5.95 Å². The van der Waals surface area contributed by atoms with Gasteiger partial charge in [0.25, 0.3) is 11.5 Å². The Morgan fingerprint density at radius 1 is 0.574 bits per heavy atom. The van der Waals surface area contributed by atoms with Gasteiger partial charge in [-0.1, -0.05) is 12.1 Å². The highest BCUT2D eigenvalue weighted by atomic mass is 19.4. The van der Waals surface area contributed by atoms with E-state index < -0.39 is 112 Å². The molecule has 1 aliphatic rings. The van der Waals surface area contributed by atoms with Crippen LogP contribution in [0.4, 0.5) is 71.8 Å². The average molecular weight is 792 g/mol. The largest absolute Gasteiger partial charge is 0.497 e. The molecule has 54 heavy (non-hydrogen) atoms. The van der Waals surface area contributed by atoms with E-state index in [0.29, 0.717) is 4.90 Å². The zero-order valence-electron chi connectivity index (χ0n) is 26.7. The van der Waals surface area contributed by atoms with Crippen LogP contribution in [-0.4, -0.2) is 22.6 Å². The third-order valence-corrected chi connectivity index (χ3v) is 8.29. The Kier molecular flexibility index (Phi) is 9.81. The molecule has 0 aliphatic carbocycles. The SMILES string of the molecule is COc1ccc(CN2C(=O)C(Cc3cc(C(F)(F)F)cc(C(F)(F)F)c3)(Cc3cc(C(F)(F)F)cc(C(F)(F)F)c3)n3c2nc(C(F)(F)F)cc3=O)cc1. The summed E-state index contributed by atoms with van der Waals surface area (Å²) in [7, 11) is 1.26. The number of anilines is 1. The molecule has 0 saturated heterocycles. The Balaban J connectivity index is 1.86. The van der Waals surface area contributed by atoms with E-state index >= 15 is 0 Å². The third kappa shape index (κ3) is 7.98. The van der Waals surface area contributed by atoms with Crippen molar-refractivity contribution in [1.82, 2.24) is 9.55 Å². The van der Waals surface area contributed by atoms with Crippen LogP contribution in [0.15, 0.2) is 71.5 Å². The molecule has 1 aliphatic heterocycles. The van der Waals surface area contributed by atoms with Crippen molar-refractivity contribution in [2.75, 3.05) is 12.0 Å². The molecule has 6 nitrogen and oxygen atoms in total. The second-order valence-electron chi connectivity index (χ2n) is 12.1. The van der Waals surface area contributed by atoms with Gasteiger partial charge in [0, 0.05) is 18.9 Å². The minimum absolute atomic E-state index is 0.0509. The molecule has 290 valence electrons. The van der Waals surface area contributed by atoms with Gasteiger partial charge in [0.1, 0.15) is 11.3 Å². The predicted octanol–water partition coefficient (Wildman–Crippen LogP) is 9.07. The van der Waals surface area contributed by atoms with Crippen LogP contribution < -0.4 is 15.2 Å². The Morgan fingerprint density at radius 3 is 1.33 bits per heavy atom. The smallest absolute Gasteiger partial charge is 0.433 e. The van der Waals surface area contributed by atoms with Gasteiger partial charge >= 0.3 is 30.9 Å². The van der Waals surface area contributed by atoms with E-state index in [0.717, 1.165) is 0 Å². The van der Waals surface area contributed by atoms with E-state index in [-0.39, 0.29) is 58.3 Å². The lowest BCUT2D eigenvalue weighted by molar-refractivity contribution is -0.144. The molecule has 5 rings (SSSR count). The van der Waals surface area contributed by atoms with E-state index in [4.69, 9.17) is 4.74 Å². The molecule has 4 aromatic rings. The monoisotopic (exact) mass is 791 g/mol. The van der Waals surface area contributed by atoms with Crippen LogP contribution in [0, 0.1) is 0 Å². The number of nitrogens with zero attached hydrogens (tertiary/aromatic N) is 3. The fourth-order valence-corrected chi connectivity index (χ4v) is 5.98. The van der Waals surface area contributed by atoms with Crippen LogP contribution in [0.25, 0.3) is 0 Å². The summed E-state index contributed by atoms with van der Waals surface area (Å²) in [6.45, 7) is -0.814. The highest BCUT2D eigenvalue weighted by Gasteiger charge is 2.54. The molecule has 3 aromatic carbocycles. The summed E-state index contributed by atoms with van der Waals surface area (Å²) >= 11 is 0. The third-order valence-electron chi connectivity index (χ3n) is 8.29. The van der Waals surface area contributed by atoms with Crippen LogP contribution in [0.1, 0.15) is 44.6 Å². The summed E-state index contributed by atoms with van der Waals surface area (Å²) in [5.74, 6) is -2.59. The number of methoxy groups -OCH3 is 1. The molecular weight excluding hydrogens is 771 g/mol. The zero-order chi connectivity index (χ0) is 40.4. The van der Waals surface area contributed by atoms with Crippen LogP contribution in [0.2, 0.25) is 0 Å². The number of halogens is 15. The average Bonchev–Trinajstić information content (AvgIpc) is 3.25. The summed E-state index contributed by atoms with van der Waals surface area (Å²) in [6, 6.07) is 4.65. The van der Waals surface area contributed by atoms with E-state index in [1.54, 1.807) is 0 Å². The fourth-order valence-electron chi connectivity index (χ4n) is 5.98. The van der Waals surface area contributed by atoms with Gasteiger partial charge in [-0.05, 0) is 65.2 Å². The van der Waals surface area contributed by atoms with Crippen LogP contribution in [0.5, 0.6) is 5.75 Å². The van der Waals surface area contributed by atoms with Crippen molar-refractivity contribution in [2.45, 2.75) is 55.8 Å². The van der Waals surface area contributed by atoms with Gasteiger partial charge in [-0.15, -0.1) is 0 Å². The first kappa shape index (κ1) is 40.0. The number of carbonyl (C=O) groups excluding carboxylic acids is 1. The predicted molar refractivity (Wildman–Crippen MR) is 156 cm³/mol. The lowest BCUT2D eigenvalue weighted by atomic mass is 9.82. The van der Waals surface area contributed by atoms with Crippen molar-refractivity contribution in [1.29, 1.82) is 0 Å². The number of alkyl halides is 15. The van der Waals surface area contributed by atoms with Crippen LogP contribution in [-0.2, 0) is 60.6 Å². The highest BCUT2D eigenvalue weighted by molar-refractivity contribution is 6.02. The first-order valence-electron chi connectivity index (χ1n) is 14.9. The van der Waals surface area contributed by atoms with E-state index in [1.165, 1.54) is 31.4 Å². The summed E-state index contributed by atoms with van der Waals surface area (Å²) in [5, 5.41) is 0. The van der Waals surface area contributed by atoms with Gasteiger partial charge in [-0.3, -0.25) is 19.1 Å². The van der Waals surface area contributed by atoms with E-state index in [9.17, 15) is 75.4 Å². The number of aromatic nitrogens is 2. The Morgan fingerprint density at radius 2 is 0.981 bits per heavy atom. The Bertz CT molecular complexity index is 1990. The number of hydrogen-bond donors (Lipinski definition) is 0. The van der Waals surface area contributed by atoms with E-state index in [1.807, 2.05) is 0 Å². The van der Waals surface area contributed by atoms with Crippen molar-refractivity contribution in [3.8, 4) is 5.75 Å². The minimum Gasteiger partial charge on any atom is -0.497 e. The maximum Gasteiger partial charge on any atom is 0.433 e. The number of hydrogen-bond acceptors (Lipinski definition) is 4. The quantitative estimate of drug-likeness (QED) is 0.175. The minimum atomic E-state index is -5.50. The molecular formula is C33H20F15N3O3. The molecule has 0 N–H and O–H groups in total. The highest BCUT2D eigenvalue weighted by Crippen LogP contribution is 2.44. The van der Waals surface area contributed by atoms with Crippen molar-refractivity contribution < 1.29 is 75.4 Å². The molecule has 2 heterocycles. The van der Waals surface area contributed by atoms with Crippen LogP contribution in [0.3, 0.4) is 0 Å². The summed E-state index contributed by atoms with van der Waals surface area (Å²) in [4.78, 5) is 31.9. The molecule has 0 unspecified atom stereocenters. The number of carbonyl (C=O) groups is 1. The number of fused-ring (bicyclic) bond motifs is 1. The first-order chi connectivity index (χ1) is 24.6. The number of rotatable bonds is 7. The lowest BCUT2D eigenvalue weighted by Crippen LogP contribution is -2.49. The van der Waals surface area contributed by atoms with Gasteiger partial charge in [-0.2, -0.15) is 65.9 Å². The molecule has 1 aromatic heterocycles. The van der Waals surface area contributed by atoms with Crippen molar-refractivity contribution in [2.24, 2.45) is 0 Å². The molecule has 0 saturated carbocycles. The second-order valence-corrected chi connectivity index (χ2v) is 12.1. The van der Waals surface area contributed by atoms with Gasteiger partial charge in [0.15, 0.2) is 5.69 Å². The van der Waals surface area contributed by atoms with Crippen molar-refractivity contribution in [3.05, 3.63) is 122 Å². The standard InChI is InChI=1S/C33H20F15N3O3/c1-54-23-4-2-16(3-5-23)15-50-26(53)28(51-25(52)12-24(33(46,47)48)49-27(50)51,13-17-6-19(29(34,35)36)10-20(7-17)30(37,38)39)14-18-8-21(31(40,41)42)11-22(9-18)32(43,44)45/h2-12H,13-15H2,1H3. The lowest BCUT2D eigenvalue weighted by Gasteiger charge is -2.31. The summed E-state index contributed by atoms with van der Waals surface area (Å²) in [6.07, 6.45) is -30.4. The van der Waals surface area contributed by atoms with E-state index in [2.05, 4.69) is 4.98 Å². The Labute approximate surface area is 292 Å². The molecule has 1 amide bonds. The zero-order valence-corrected chi connectivity index (χ0v) is 26.7. The topological polar surface area (TPSA) is 64.4 Å². The summed E-state index contributed by atoms with van der Waals surface area (Å²) in [5.41, 5.74) is -16.8. The van der Waals surface area contributed by atoms with Crippen molar-refractivity contribution >= 4 is 11.9 Å². The first-order valence-corrected chi connectivity index (χ1v) is 14.9. The molecule has 21 heteroatoms. The number of ether oxygens (including phenoxy) is 1.